The summed E-state index contributed by atoms with van der Waals surface area (Å²) in [6.07, 6.45) is 0. The number of hydrogen-bond donors (Lipinski definition) is 0. The van der Waals surface area contributed by atoms with E-state index < -0.39 is 22.5 Å². The summed E-state index contributed by atoms with van der Waals surface area (Å²) < 4.78 is 18.8. The van der Waals surface area contributed by atoms with E-state index >= 15 is 0 Å². The van der Waals surface area contributed by atoms with Gasteiger partial charge in [-0.05, 0) is 20.8 Å². The number of benzene rings is 1. The number of hydrogen-bond acceptors (Lipinski definition) is 3. The van der Waals surface area contributed by atoms with E-state index in [9.17, 15) is 14.0 Å². The number of ether oxygens (including phenoxy) is 1. The van der Waals surface area contributed by atoms with Crippen molar-refractivity contribution in [3.05, 3.63) is 35.9 Å². The molecule has 0 aliphatic rings. The van der Waals surface area contributed by atoms with Crippen molar-refractivity contribution < 1.29 is 18.7 Å². The number of carbonyl (C=O) groups is 2. The van der Waals surface area contributed by atoms with E-state index in [4.69, 9.17) is 16.3 Å². The number of carbonyl (C=O) groups excluding carboxylic acids is 2. The molecule has 0 amide bonds. The lowest BCUT2D eigenvalue weighted by atomic mass is 10.1. The average Bonchev–Trinajstić information content (AvgIpc) is 2.27. The van der Waals surface area contributed by atoms with E-state index in [0.29, 0.717) is 0 Å². The van der Waals surface area contributed by atoms with Crippen LogP contribution in [0.3, 0.4) is 0 Å². The van der Waals surface area contributed by atoms with Crippen LogP contribution in [0.4, 0.5) is 4.39 Å². The zero-order chi connectivity index (χ0) is 14.0. The number of esters is 1. The van der Waals surface area contributed by atoms with E-state index in [1.807, 2.05) is 0 Å². The summed E-state index contributed by atoms with van der Waals surface area (Å²) in [6, 6.07) is 7.52. The fourth-order valence-electron chi connectivity index (χ4n) is 1.21. The molecule has 0 radical (unpaired) electrons. The number of ketones is 1. The van der Waals surface area contributed by atoms with Gasteiger partial charge in [0.2, 0.25) is 5.78 Å². The van der Waals surface area contributed by atoms with Crippen LogP contribution in [0.25, 0.3) is 0 Å². The lowest BCUT2D eigenvalue weighted by molar-refractivity contribution is -0.161. The molecule has 0 aliphatic carbocycles. The zero-order valence-electron chi connectivity index (χ0n) is 10.4. The van der Waals surface area contributed by atoms with Crippen LogP contribution in [0.2, 0.25) is 0 Å². The molecule has 3 nitrogen and oxygen atoms in total. The normalized spacial score (nSPS) is 14.7. The van der Waals surface area contributed by atoms with Gasteiger partial charge in [0.25, 0.3) is 0 Å². The van der Waals surface area contributed by atoms with Gasteiger partial charge in [0.05, 0.1) is 0 Å². The minimum absolute atomic E-state index is 0.0147. The first-order valence-electron chi connectivity index (χ1n) is 5.36. The van der Waals surface area contributed by atoms with E-state index in [1.54, 1.807) is 39.0 Å². The largest absolute Gasteiger partial charge is 0.456 e. The minimum Gasteiger partial charge on any atom is -0.456 e. The Hall–Kier alpha value is -1.42. The average molecular weight is 273 g/mol. The Labute approximate surface area is 110 Å². The van der Waals surface area contributed by atoms with Crippen molar-refractivity contribution in [3.8, 4) is 0 Å². The fourth-order valence-corrected chi connectivity index (χ4v) is 1.35. The molecule has 1 atom stereocenters. The summed E-state index contributed by atoms with van der Waals surface area (Å²) in [5.41, 5.74) is -0.902. The molecule has 5 heteroatoms. The summed E-state index contributed by atoms with van der Waals surface area (Å²) >= 11 is 5.39. The molecule has 1 aromatic carbocycles. The Morgan fingerprint density at radius 3 is 2.11 bits per heavy atom. The Kier molecular flexibility index (Phi) is 4.12. The third kappa shape index (κ3) is 3.53. The molecule has 0 aromatic heterocycles. The lowest BCUT2D eigenvalue weighted by Crippen LogP contribution is -2.41. The number of rotatable bonds is 3. The molecule has 18 heavy (non-hydrogen) atoms. The summed E-state index contributed by atoms with van der Waals surface area (Å²) in [7, 11) is 0. The summed E-state index contributed by atoms with van der Waals surface area (Å²) in [4.78, 5) is 23.3. The molecule has 1 aromatic rings. The van der Waals surface area contributed by atoms with Crippen molar-refractivity contribution in [3.63, 3.8) is 0 Å². The van der Waals surface area contributed by atoms with Gasteiger partial charge in [0.1, 0.15) is 5.60 Å². The van der Waals surface area contributed by atoms with Crippen molar-refractivity contribution in [2.75, 3.05) is 0 Å². The molecule has 0 saturated carbocycles. The Bertz CT molecular complexity index is 449. The monoisotopic (exact) mass is 272 g/mol. The van der Waals surface area contributed by atoms with Crippen LogP contribution in [0.5, 0.6) is 0 Å². The van der Waals surface area contributed by atoms with Gasteiger partial charge in [-0.15, -0.1) is 0 Å². The summed E-state index contributed by atoms with van der Waals surface area (Å²) in [5.74, 6) is -2.52. The van der Waals surface area contributed by atoms with Crippen LogP contribution in [0.1, 0.15) is 31.1 Å². The van der Waals surface area contributed by atoms with Crippen molar-refractivity contribution in [2.24, 2.45) is 0 Å². The van der Waals surface area contributed by atoms with Crippen LogP contribution in [0.15, 0.2) is 30.3 Å². The van der Waals surface area contributed by atoms with E-state index in [1.165, 1.54) is 12.1 Å². The SMILES string of the molecule is CC(C)(C)OC(=O)[C@@](F)(Cl)C(=O)c1ccccc1. The van der Waals surface area contributed by atoms with Crippen molar-refractivity contribution in [1.82, 2.24) is 0 Å². The standard InChI is InChI=1S/C13H14ClFO3/c1-12(2,3)18-11(17)13(14,15)10(16)9-7-5-4-6-8-9/h4-8H,1-3H3/t13-/m1/s1. The van der Waals surface area contributed by atoms with Crippen molar-refractivity contribution in [2.45, 2.75) is 31.5 Å². The lowest BCUT2D eigenvalue weighted by Gasteiger charge is -2.23. The second-order valence-electron chi connectivity index (χ2n) is 4.77. The first-order chi connectivity index (χ1) is 8.14. The predicted octanol–water partition coefficient (Wildman–Crippen LogP) is 3.12. The molecule has 98 valence electrons. The van der Waals surface area contributed by atoms with E-state index in [0.717, 1.165) is 0 Å². The van der Waals surface area contributed by atoms with Crippen LogP contribution < -0.4 is 0 Å². The van der Waals surface area contributed by atoms with Gasteiger partial charge in [-0.3, -0.25) is 4.79 Å². The highest BCUT2D eigenvalue weighted by Gasteiger charge is 2.48. The molecule has 0 bridgehead atoms. The quantitative estimate of drug-likeness (QED) is 0.367. The number of halogens is 2. The molecular weight excluding hydrogens is 259 g/mol. The summed E-state index contributed by atoms with van der Waals surface area (Å²) in [6.45, 7) is 4.68. The molecule has 0 heterocycles. The van der Waals surface area contributed by atoms with Gasteiger partial charge >= 0.3 is 11.1 Å². The van der Waals surface area contributed by atoms with Gasteiger partial charge in [-0.1, -0.05) is 41.9 Å². The van der Waals surface area contributed by atoms with Gasteiger partial charge in [0, 0.05) is 5.56 Å². The molecule has 0 N–H and O–H groups in total. The highest BCUT2D eigenvalue weighted by molar-refractivity contribution is 6.46. The second-order valence-corrected chi connectivity index (χ2v) is 5.29. The van der Waals surface area contributed by atoms with Crippen LogP contribution in [-0.4, -0.2) is 22.5 Å². The Morgan fingerprint density at radius 2 is 1.67 bits per heavy atom. The first kappa shape index (κ1) is 14.6. The Morgan fingerprint density at radius 1 is 1.17 bits per heavy atom. The third-order valence-corrected chi connectivity index (χ3v) is 2.30. The molecule has 0 unspecified atom stereocenters. The fraction of sp³-hybridized carbons (Fsp3) is 0.385. The molecule has 0 fully saturated rings. The van der Waals surface area contributed by atoms with E-state index in [2.05, 4.69) is 0 Å². The van der Waals surface area contributed by atoms with Crippen LogP contribution >= 0.6 is 11.6 Å². The highest BCUT2D eigenvalue weighted by atomic mass is 35.5. The maximum atomic E-state index is 14.0. The number of Topliss-reactive ketones (excluding diaryl/α,β-unsaturated/α-hetero) is 1. The van der Waals surface area contributed by atoms with Crippen LogP contribution in [-0.2, 0) is 9.53 Å². The molecule has 0 spiro atoms. The van der Waals surface area contributed by atoms with Crippen molar-refractivity contribution >= 4 is 23.4 Å². The van der Waals surface area contributed by atoms with Gasteiger partial charge in [-0.2, -0.15) is 0 Å². The molecule has 0 saturated heterocycles. The minimum atomic E-state index is -3.20. The molecule has 0 aliphatic heterocycles. The van der Waals surface area contributed by atoms with Crippen molar-refractivity contribution in [1.29, 1.82) is 0 Å². The molecule has 1 rings (SSSR count). The van der Waals surface area contributed by atoms with E-state index in [-0.39, 0.29) is 5.56 Å². The smallest absolute Gasteiger partial charge is 0.368 e. The van der Waals surface area contributed by atoms with Gasteiger partial charge in [0.15, 0.2) is 0 Å². The highest BCUT2D eigenvalue weighted by Crippen LogP contribution is 2.27. The third-order valence-electron chi connectivity index (χ3n) is 1.98. The number of alkyl halides is 2. The summed E-state index contributed by atoms with van der Waals surface area (Å²) in [5, 5.41) is -3.20. The maximum absolute atomic E-state index is 14.0. The maximum Gasteiger partial charge on any atom is 0.368 e. The van der Waals surface area contributed by atoms with Crippen LogP contribution in [0, 0.1) is 0 Å². The molecular formula is C13H14ClFO3. The second kappa shape index (κ2) is 5.06. The predicted molar refractivity (Wildman–Crippen MR) is 66.3 cm³/mol. The van der Waals surface area contributed by atoms with Gasteiger partial charge in [-0.25, -0.2) is 9.18 Å². The van der Waals surface area contributed by atoms with Gasteiger partial charge < -0.3 is 4.74 Å². The zero-order valence-corrected chi connectivity index (χ0v) is 11.1. The topological polar surface area (TPSA) is 43.4 Å². The Balaban J connectivity index is 2.93. The first-order valence-corrected chi connectivity index (χ1v) is 5.73.